The molecule has 4 amide bonds. The Hall–Kier alpha value is -6.82. The Morgan fingerprint density at radius 2 is 0.875 bits per heavy atom. The fourth-order valence-corrected chi connectivity index (χ4v) is 7.80. The van der Waals surface area contributed by atoms with Crippen LogP contribution < -0.4 is 0 Å². The topological polar surface area (TPSA) is 159 Å². The van der Waals surface area contributed by atoms with E-state index in [1.807, 2.05) is 36.4 Å². The second-order valence-electron chi connectivity index (χ2n) is 13.8. The molecule has 2 N–H and O–H groups in total. The number of carbonyl (C=O) groups excluding carboxylic acids is 6. The molecule has 0 spiro atoms. The van der Waals surface area contributed by atoms with E-state index in [0.717, 1.165) is 32.9 Å². The van der Waals surface area contributed by atoms with Gasteiger partial charge in [-0.05, 0) is 110 Å². The molecule has 4 aromatic carbocycles. The van der Waals surface area contributed by atoms with E-state index in [4.69, 9.17) is 9.47 Å². The first kappa shape index (κ1) is 36.2. The fourth-order valence-electron chi connectivity index (χ4n) is 7.80. The number of hydrogen-bond donors (Lipinski definition) is 2. The quantitative estimate of drug-likeness (QED) is 0.101. The first-order valence-electron chi connectivity index (χ1n) is 18.7. The first-order chi connectivity index (χ1) is 27.2. The lowest BCUT2D eigenvalue weighted by atomic mass is 9.98. The number of esters is 2. The van der Waals surface area contributed by atoms with E-state index >= 15 is 0 Å². The number of aryl methyl sites for hydroxylation is 2. The van der Waals surface area contributed by atoms with Gasteiger partial charge in [0, 0.05) is 34.9 Å². The number of nitrogens with one attached hydrogen (secondary N) is 2. The number of H-pyrrole nitrogens is 2. The SMILES string of the molecule is CCOC(=O)c1[nH]c2ccc(CCc3ccc4[nH]c(C(=O)OCC)c(CCN5C(=O)c6ccccc6C5=O)c4c3)cc2c1CCN1C(=O)c2ccccc2C1=O. The second-order valence-corrected chi connectivity index (χ2v) is 13.8. The third-order valence-electron chi connectivity index (χ3n) is 10.5. The van der Waals surface area contributed by atoms with Crippen LogP contribution in [0.2, 0.25) is 0 Å². The maximum absolute atomic E-state index is 13.1. The number of ether oxygens (including phenoxy) is 2. The highest BCUT2D eigenvalue weighted by Crippen LogP contribution is 2.31. The first-order valence-corrected chi connectivity index (χ1v) is 18.7. The minimum Gasteiger partial charge on any atom is -0.461 e. The van der Waals surface area contributed by atoms with Gasteiger partial charge in [0.15, 0.2) is 0 Å². The monoisotopic (exact) mass is 750 g/mol. The molecule has 0 radical (unpaired) electrons. The molecule has 4 heterocycles. The van der Waals surface area contributed by atoms with Crippen molar-refractivity contribution in [3.8, 4) is 0 Å². The highest BCUT2D eigenvalue weighted by atomic mass is 16.5. The van der Waals surface area contributed by atoms with Crippen LogP contribution in [0.4, 0.5) is 0 Å². The van der Waals surface area contributed by atoms with E-state index in [1.165, 1.54) is 9.80 Å². The molecule has 282 valence electrons. The Morgan fingerprint density at radius 3 is 1.21 bits per heavy atom. The molecule has 0 fully saturated rings. The highest BCUT2D eigenvalue weighted by Gasteiger charge is 2.36. The van der Waals surface area contributed by atoms with Gasteiger partial charge in [-0.2, -0.15) is 0 Å². The number of amides is 4. The molecule has 0 aliphatic carbocycles. The summed E-state index contributed by atoms with van der Waals surface area (Å²) in [5.74, 6) is -2.45. The van der Waals surface area contributed by atoms with Crippen molar-refractivity contribution in [1.29, 1.82) is 0 Å². The minimum absolute atomic E-state index is 0.0930. The average molecular weight is 751 g/mol. The van der Waals surface area contributed by atoms with Crippen molar-refractivity contribution in [2.24, 2.45) is 0 Å². The van der Waals surface area contributed by atoms with Gasteiger partial charge in [-0.15, -0.1) is 0 Å². The summed E-state index contributed by atoms with van der Waals surface area (Å²) in [5.41, 5.74) is 6.86. The maximum Gasteiger partial charge on any atom is 0.355 e. The maximum atomic E-state index is 13.1. The normalized spacial score (nSPS) is 13.6. The number of aromatic nitrogens is 2. The van der Waals surface area contributed by atoms with E-state index in [0.29, 0.717) is 57.6 Å². The van der Waals surface area contributed by atoms with Gasteiger partial charge in [0.1, 0.15) is 11.4 Å². The number of aromatic amines is 2. The summed E-state index contributed by atoms with van der Waals surface area (Å²) in [6.45, 7) is 4.03. The molecule has 0 saturated carbocycles. The van der Waals surface area contributed by atoms with Crippen LogP contribution in [0.15, 0.2) is 84.9 Å². The van der Waals surface area contributed by atoms with Crippen LogP contribution in [0.1, 0.15) is 98.5 Å². The van der Waals surface area contributed by atoms with Crippen molar-refractivity contribution in [2.75, 3.05) is 26.3 Å². The van der Waals surface area contributed by atoms with Crippen molar-refractivity contribution < 1.29 is 38.2 Å². The third kappa shape index (κ3) is 6.32. The lowest BCUT2D eigenvalue weighted by molar-refractivity contribution is 0.0509. The van der Waals surface area contributed by atoms with Crippen molar-refractivity contribution >= 4 is 57.4 Å². The number of fused-ring (bicyclic) bond motifs is 4. The summed E-state index contributed by atoms with van der Waals surface area (Å²) < 4.78 is 10.7. The zero-order valence-corrected chi connectivity index (χ0v) is 30.9. The molecule has 8 rings (SSSR count). The van der Waals surface area contributed by atoms with E-state index in [1.54, 1.807) is 62.4 Å². The van der Waals surface area contributed by atoms with E-state index in [9.17, 15) is 28.8 Å². The van der Waals surface area contributed by atoms with Gasteiger partial charge >= 0.3 is 11.9 Å². The third-order valence-corrected chi connectivity index (χ3v) is 10.5. The van der Waals surface area contributed by atoms with Crippen LogP contribution in [0.5, 0.6) is 0 Å². The Balaban J connectivity index is 1.05. The van der Waals surface area contributed by atoms with Crippen LogP contribution >= 0.6 is 0 Å². The number of imide groups is 2. The molecule has 6 aromatic rings. The standard InChI is InChI=1S/C44H38N4O8/c1-3-55-43(53)37-27(19-21-47-39(49)29-9-5-6-10-30(29)40(47)50)33-23-25(15-17-35(33)45-37)13-14-26-16-18-36-34(24-26)28(38(46-36)44(54)56-4-2)20-22-48-41(51)31-11-7-8-12-32(31)42(48)52/h5-12,15-18,23-24,45-46H,3-4,13-14,19-22H2,1-2H3. The zero-order valence-electron chi connectivity index (χ0n) is 30.9. The summed E-state index contributed by atoms with van der Waals surface area (Å²) in [6, 6.07) is 25.3. The molecule has 0 atom stereocenters. The molecule has 56 heavy (non-hydrogen) atoms. The molecule has 0 unspecified atom stereocenters. The van der Waals surface area contributed by atoms with Crippen LogP contribution in [-0.4, -0.2) is 81.6 Å². The number of nitrogens with zero attached hydrogens (tertiary/aromatic N) is 2. The molecule has 2 aromatic heterocycles. The van der Waals surface area contributed by atoms with Crippen molar-refractivity contribution in [3.63, 3.8) is 0 Å². The second kappa shape index (κ2) is 14.8. The largest absolute Gasteiger partial charge is 0.461 e. The molecule has 0 saturated heterocycles. The van der Waals surface area contributed by atoms with Crippen LogP contribution in [0.25, 0.3) is 21.8 Å². The van der Waals surface area contributed by atoms with E-state index < -0.39 is 11.9 Å². The number of hydrogen-bond acceptors (Lipinski definition) is 8. The summed E-state index contributed by atoms with van der Waals surface area (Å²) >= 11 is 0. The smallest absolute Gasteiger partial charge is 0.355 e. The van der Waals surface area contributed by atoms with Gasteiger partial charge < -0.3 is 19.4 Å². The Kier molecular flexibility index (Phi) is 9.55. The number of benzene rings is 4. The Morgan fingerprint density at radius 1 is 0.518 bits per heavy atom. The summed E-state index contributed by atoms with van der Waals surface area (Å²) in [4.78, 5) is 87.5. The fraction of sp³-hybridized carbons (Fsp3) is 0.227. The number of rotatable bonds is 13. The predicted octanol–water partition coefficient (Wildman–Crippen LogP) is 6.47. The minimum atomic E-state index is -0.511. The van der Waals surface area contributed by atoms with E-state index in [2.05, 4.69) is 9.97 Å². The van der Waals surface area contributed by atoms with Gasteiger partial charge in [-0.1, -0.05) is 36.4 Å². The lowest BCUT2D eigenvalue weighted by Crippen LogP contribution is -2.32. The average Bonchev–Trinajstić information content (AvgIpc) is 3.90. The lowest BCUT2D eigenvalue weighted by Gasteiger charge is -2.14. The number of carbonyl (C=O) groups is 6. The molecule has 0 bridgehead atoms. The molecule has 12 heteroatoms. The predicted molar refractivity (Wildman–Crippen MR) is 207 cm³/mol. The zero-order chi connectivity index (χ0) is 39.1. The van der Waals surface area contributed by atoms with Gasteiger partial charge in [-0.25, -0.2) is 9.59 Å². The van der Waals surface area contributed by atoms with Crippen LogP contribution in [0.3, 0.4) is 0 Å². The van der Waals surface area contributed by atoms with Gasteiger partial charge in [-0.3, -0.25) is 29.0 Å². The van der Waals surface area contributed by atoms with Crippen molar-refractivity contribution in [2.45, 2.75) is 39.5 Å². The molecule has 2 aliphatic rings. The van der Waals surface area contributed by atoms with Crippen LogP contribution in [-0.2, 0) is 35.2 Å². The van der Waals surface area contributed by atoms with Crippen molar-refractivity contribution in [3.05, 3.63) is 141 Å². The van der Waals surface area contributed by atoms with Gasteiger partial charge in [0.2, 0.25) is 0 Å². The summed E-state index contributed by atoms with van der Waals surface area (Å²) in [7, 11) is 0. The molecular formula is C44H38N4O8. The Labute approximate surface area is 321 Å². The Bertz CT molecular complexity index is 2370. The van der Waals surface area contributed by atoms with Gasteiger partial charge in [0.05, 0.1) is 35.5 Å². The van der Waals surface area contributed by atoms with Crippen LogP contribution in [0, 0.1) is 0 Å². The highest BCUT2D eigenvalue weighted by molar-refractivity contribution is 6.22. The van der Waals surface area contributed by atoms with Crippen molar-refractivity contribution in [1.82, 2.24) is 19.8 Å². The van der Waals surface area contributed by atoms with Gasteiger partial charge in [0.25, 0.3) is 23.6 Å². The van der Waals surface area contributed by atoms with E-state index in [-0.39, 0.29) is 62.8 Å². The molecule has 12 nitrogen and oxygen atoms in total. The summed E-state index contributed by atoms with van der Waals surface area (Å²) in [6.07, 6.45) is 1.77. The summed E-state index contributed by atoms with van der Waals surface area (Å²) in [5, 5.41) is 1.61. The molecular weight excluding hydrogens is 713 g/mol. The molecule has 2 aliphatic heterocycles.